The minimum Gasteiger partial charge on any atom is -0.377 e. The molecule has 0 saturated carbocycles. The molecule has 2 unspecified atom stereocenters. The number of hydrogen-bond acceptors (Lipinski definition) is 10. The first-order chi connectivity index (χ1) is 17.1. The highest BCUT2D eigenvalue weighted by molar-refractivity contribution is 7.51. The summed E-state index contributed by atoms with van der Waals surface area (Å²) >= 11 is 0. The average Bonchev–Trinajstić information content (AvgIpc) is 3.26. The fourth-order valence-electron chi connectivity index (χ4n) is 2.89. The van der Waals surface area contributed by atoms with Crippen molar-refractivity contribution in [1.82, 2.24) is 20.3 Å². The Hall–Kier alpha value is -1.21. The predicted octanol–water partition coefficient (Wildman–Crippen LogP) is 1.91. The number of aromatic nitrogens is 3. The lowest BCUT2D eigenvalue weighted by molar-refractivity contribution is -0.121. The van der Waals surface area contributed by atoms with Gasteiger partial charge in [0.05, 0.1) is 45.3 Å². The van der Waals surface area contributed by atoms with E-state index in [-0.39, 0.29) is 25.7 Å². The number of nitrogens with one attached hydrogen (secondary N) is 1. The van der Waals surface area contributed by atoms with E-state index in [4.69, 9.17) is 23.8 Å². The molecule has 1 rings (SSSR count). The Morgan fingerprint density at radius 1 is 0.972 bits per heavy atom. The van der Waals surface area contributed by atoms with Gasteiger partial charge in [-0.3, -0.25) is 23.1 Å². The van der Waals surface area contributed by atoms with Crippen molar-refractivity contribution in [3.8, 4) is 0 Å². The molecule has 0 spiro atoms. The topological polar surface area (TPSA) is 181 Å². The molecule has 2 atom stereocenters. The van der Waals surface area contributed by atoms with Crippen LogP contribution < -0.4 is 5.32 Å². The van der Waals surface area contributed by atoms with Crippen LogP contribution in [0.15, 0.2) is 6.20 Å². The molecule has 0 saturated heterocycles. The summed E-state index contributed by atoms with van der Waals surface area (Å²) in [7, 11) is -6.21. The zero-order chi connectivity index (χ0) is 26.7. The molecule has 14 nitrogen and oxygen atoms in total. The van der Waals surface area contributed by atoms with Gasteiger partial charge in [-0.05, 0) is 25.7 Å². The van der Waals surface area contributed by atoms with Gasteiger partial charge in [0.15, 0.2) is 0 Å². The highest BCUT2D eigenvalue weighted by Gasteiger charge is 2.17. The molecule has 0 aromatic carbocycles. The second-order valence-electron chi connectivity index (χ2n) is 7.94. The van der Waals surface area contributed by atoms with Crippen molar-refractivity contribution in [3.05, 3.63) is 11.9 Å². The molecule has 0 aliphatic heterocycles. The van der Waals surface area contributed by atoms with Crippen molar-refractivity contribution < 1.29 is 46.8 Å². The molecule has 0 bridgehead atoms. The van der Waals surface area contributed by atoms with Crippen LogP contribution in [-0.4, -0.2) is 90.6 Å². The average molecular weight is 559 g/mol. The first-order valence-corrected chi connectivity index (χ1v) is 15.4. The van der Waals surface area contributed by atoms with Crippen LogP contribution in [-0.2, 0) is 49.9 Å². The number of ether oxygens (including phenoxy) is 2. The van der Waals surface area contributed by atoms with Gasteiger partial charge in [0.1, 0.15) is 0 Å². The minimum absolute atomic E-state index is 0.0436. The van der Waals surface area contributed by atoms with E-state index in [2.05, 4.69) is 24.7 Å². The fraction of sp³-hybridized carbons (Fsp3) is 0.850. The van der Waals surface area contributed by atoms with Gasteiger partial charge in [0.2, 0.25) is 5.91 Å². The van der Waals surface area contributed by atoms with E-state index in [0.717, 1.165) is 45.3 Å². The lowest BCUT2D eigenvalue weighted by atomic mass is 10.2. The van der Waals surface area contributed by atoms with Gasteiger partial charge in [-0.1, -0.05) is 18.1 Å². The first kappa shape index (κ1) is 32.8. The van der Waals surface area contributed by atoms with Crippen molar-refractivity contribution in [3.63, 3.8) is 0 Å². The van der Waals surface area contributed by atoms with Crippen LogP contribution in [0.1, 0.15) is 44.2 Å². The Bertz CT molecular complexity index is 820. The Kier molecular flexibility index (Phi) is 17.3. The molecule has 0 aliphatic rings. The lowest BCUT2D eigenvalue weighted by Crippen LogP contribution is -2.27. The monoisotopic (exact) mass is 558 g/mol. The zero-order valence-electron chi connectivity index (χ0n) is 21.1. The van der Waals surface area contributed by atoms with E-state index in [1.54, 1.807) is 4.68 Å². The van der Waals surface area contributed by atoms with Crippen molar-refractivity contribution >= 4 is 21.3 Å². The van der Waals surface area contributed by atoms with Crippen molar-refractivity contribution in [2.45, 2.75) is 51.5 Å². The maximum Gasteiger partial charge on any atom is 0.471 e. The molecule has 0 fully saturated rings. The summed E-state index contributed by atoms with van der Waals surface area (Å²) in [5.41, 5.74) is 0.837. The van der Waals surface area contributed by atoms with E-state index in [1.807, 2.05) is 6.20 Å². The first-order valence-electron chi connectivity index (χ1n) is 11.9. The van der Waals surface area contributed by atoms with Gasteiger partial charge >= 0.3 is 15.4 Å². The number of carbonyl (C=O) groups is 1. The number of nitrogens with zero attached hydrogens (tertiary/aromatic N) is 3. The highest BCUT2D eigenvalue weighted by atomic mass is 31.2. The Balaban J connectivity index is 1.96. The molecule has 36 heavy (non-hydrogen) atoms. The summed E-state index contributed by atoms with van der Waals surface area (Å²) in [4.78, 5) is 30.0. The number of carbonyl (C=O) groups excluding carboxylic acids is 1. The maximum absolute atomic E-state index is 11.9. The van der Waals surface area contributed by atoms with Gasteiger partial charge in [-0.2, -0.15) is 0 Å². The molecule has 0 radical (unpaired) electrons. The molecule has 3 N–H and O–H groups in total. The van der Waals surface area contributed by atoms with Gasteiger partial charge < -0.3 is 29.1 Å². The summed E-state index contributed by atoms with van der Waals surface area (Å²) in [6.07, 6.45) is 6.96. The number of rotatable bonds is 23. The minimum atomic E-state index is -3.88. The summed E-state index contributed by atoms with van der Waals surface area (Å²) in [6, 6.07) is 0. The molecule has 210 valence electrons. The third-order valence-corrected chi connectivity index (χ3v) is 6.32. The summed E-state index contributed by atoms with van der Waals surface area (Å²) in [6.45, 7) is 3.72. The SMILES string of the molecule is COP(=O)(O)OCCCCCCn1cc(CCCC(=O)NCCOCCOCCOP(C)(=O)O)nn1. The molecule has 1 aromatic heterocycles. The van der Waals surface area contributed by atoms with E-state index in [9.17, 15) is 13.9 Å². The van der Waals surface area contributed by atoms with Crippen LogP contribution >= 0.6 is 15.4 Å². The number of aryl methyl sites for hydroxylation is 2. The molecule has 1 aromatic rings. The van der Waals surface area contributed by atoms with Crippen LogP contribution in [0.2, 0.25) is 0 Å². The summed E-state index contributed by atoms with van der Waals surface area (Å²) < 4.78 is 48.2. The zero-order valence-corrected chi connectivity index (χ0v) is 22.9. The van der Waals surface area contributed by atoms with E-state index in [1.165, 1.54) is 0 Å². The van der Waals surface area contributed by atoms with Crippen LogP contribution in [0.3, 0.4) is 0 Å². The number of hydrogen-bond donors (Lipinski definition) is 3. The Morgan fingerprint density at radius 3 is 2.39 bits per heavy atom. The quantitative estimate of drug-likeness (QED) is 0.131. The Labute approximate surface area is 212 Å². The highest BCUT2D eigenvalue weighted by Crippen LogP contribution is 2.41. The normalized spacial score (nSPS) is 14.9. The number of amides is 1. The second kappa shape index (κ2) is 18.9. The standard InChI is InChI=1S/C20H40N4O10P2/c1-30-36(28,29)34-12-6-4-3-5-11-24-18-19(22-23-24)8-7-9-20(25)21-10-13-31-14-15-32-16-17-33-35(2,26)27/h18H,3-17H2,1-2H3,(H,21,25)(H,26,27)(H,28,29). The van der Waals surface area contributed by atoms with Gasteiger partial charge in [-0.15, -0.1) is 5.10 Å². The third-order valence-electron chi connectivity index (χ3n) is 4.69. The smallest absolute Gasteiger partial charge is 0.377 e. The largest absolute Gasteiger partial charge is 0.471 e. The number of phosphoric ester groups is 1. The molecule has 0 aliphatic carbocycles. The molecule has 1 amide bonds. The molecular formula is C20H40N4O10P2. The molecule has 16 heteroatoms. The van der Waals surface area contributed by atoms with Gasteiger partial charge in [0, 0.05) is 39.5 Å². The molecule has 1 heterocycles. The van der Waals surface area contributed by atoms with Crippen LogP contribution in [0.5, 0.6) is 0 Å². The van der Waals surface area contributed by atoms with E-state index < -0.39 is 15.4 Å². The van der Waals surface area contributed by atoms with Crippen LogP contribution in [0.4, 0.5) is 0 Å². The number of unbranched alkanes of at least 4 members (excludes halogenated alkanes) is 3. The lowest BCUT2D eigenvalue weighted by Gasteiger charge is -2.08. The van der Waals surface area contributed by atoms with Crippen molar-refractivity contribution in [2.75, 3.05) is 60.0 Å². The number of phosphoric acid groups is 1. The predicted molar refractivity (Wildman–Crippen MR) is 131 cm³/mol. The van der Waals surface area contributed by atoms with Crippen molar-refractivity contribution in [1.29, 1.82) is 0 Å². The van der Waals surface area contributed by atoms with Crippen LogP contribution in [0, 0.1) is 0 Å². The second-order valence-corrected chi connectivity index (χ2v) is 11.4. The van der Waals surface area contributed by atoms with Crippen molar-refractivity contribution in [2.24, 2.45) is 0 Å². The maximum atomic E-state index is 11.9. The van der Waals surface area contributed by atoms with E-state index in [0.29, 0.717) is 52.0 Å². The van der Waals surface area contributed by atoms with Crippen LogP contribution in [0.25, 0.3) is 0 Å². The van der Waals surface area contributed by atoms with Gasteiger partial charge in [-0.25, -0.2) is 4.57 Å². The van der Waals surface area contributed by atoms with E-state index >= 15 is 0 Å². The fourth-order valence-corrected chi connectivity index (χ4v) is 3.77. The van der Waals surface area contributed by atoms with Gasteiger partial charge in [0.25, 0.3) is 0 Å². The third kappa shape index (κ3) is 19.0. The summed E-state index contributed by atoms with van der Waals surface area (Å²) in [5.74, 6) is -0.0561. The Morgan fingerprint density at radius 2 is 1.67 bits per heavy atom. The molecular weight excluding hydrogens is 518 g/mol. The summed E-state index contributed by atoms with van der Waals surface area (Å²) in [5, 5.41) is 11.0.